The highest BCUT2D eigenvalue weighted by Crippen LogP contribution is 2.08. The third kappa shape index (κ3) is 3.24. The van der Waals surface area contributed by atoms with Crippen LogP contribution in [0, 0.1) is 0 Å². The van der Waals surface area contributed by atoms with Gasteiger partial charge in [0.05, 0.1) is 12.2 Å². The van der Waals surface area contributed by atoms with E-state index in [9.17, 15) is 0 Å². The Bertz CT molecular complexity index is 345. The number of hydrogen-bond acceptors (Lipinski definition) is 4. The van der Waals surface area contributed by atoms with Crippen molar-refractivity contribution in [2.75, 3.05) is 14.1 Å². The molecule has 1 heterocycles. The first kappa shape index (κ1) is 12.5. The van der Waals surface area contributed by atoms with Crippen molar-refractivity contribution < 1.29 is 0 Å². The molecule has 0 atom stereocenters. The Kier molecular flexibility index (Phi) is 4.79. The second kappa shape index (κ2) is 6.12. The fourth-order valence-corrected chi connectivity index (χ4v) is 1.40. The standard InChI is InChI=1S/C12H20N4/c1-10(13-3)11(2)16(14-4)9-12-7-5-6-8-15-12/h5-8,13-14H,9H2,1-4H3/b11-10+. The molecule has 0 bridgehead atoms. The quantitative estimate of drug-likeness (QED) is 0.738. The van der Waals surface area contributed by atoms with Gasteiger partial charge in [0.15, 0.2) is 0 Å². The van der Waals surface area contributed by atoms with E-state index < -0.39 is 0 Å². The molecule has 88 valence electrons. The molecule has 4 nitrogen and oxygen atoms in total. The molecule has 0 aliphatic rings. The lowest BCUT2D eigenvalue weighted by Gasteiger charge is -2.25. The van der Waals surface area contributed by atoms with Crippen LogP contribution in [0.2, 0.25) is 0 Å². The molecule has 0 aromatic carbocycles. The van der Waals surface area contributed by atoms with Gasteiger partial charge in [-0.3, -0.25) is 4.98 Å². The summed E-state index contributed by atoms with van der Waals surface area (Å²) < 4.78 is 0. The van der Waals surface area contributed by atoms with Crippen LogP contribution in [0.1, 0.15) is 19.5 Å². The third-order valence-corrected chi connectivity index (χ3v) is 2.64. The maximum atomic E-state index is 4.31. The highest BCUT2D eigenvalue weighted by Gasteiger charge is 2.07. The van der Waals surface area contributed by atoms with Gasteiger partial charge < -0.3 is 10.3 Å². The molecule has 0 radical (unpaired) electrons. The molecule has 1 aromatic rings. The molecule has 16 heavy (non-hydrogen) atoms. The minimum absolute atomic E-state index is 0.752. The molecule has 0 aliphatic carbocycles. The van der Waals surface area contributed by atoms with Gasteiger partial charge in [-0.2, -0.15) is 0 Å². The maximum Gasteiger partial charge on any atom is 0.0763 e. The van der Waals surface area contributed by atoms with Gasteiger partial charge in [-0.1, -0.05) is 6.07 Å². The first-order chi connectivity index (χ1) is 7.69. The van der Waals surface area contributed by atoms with Crippen LogP contribution < -0.4 is 10.7 Å². The van der Waals surface area contributed by atoms with E-state index in [0.29, 0.717) is 0 Å². The molecule has 1 aromatic heterocycles. The molecule has 0 spiro atoms. The maximum absolute atomic E-state index is 4.31. The first-order valence-electron chi connectivity index (χ1n) is 5.39. The highest BCUT2D eigenvalue weighted by molar-refractivity contribution is 5.09. The molecule has 0 unspecified atom stereocenters. The summed E-state index contributed by atoms with van der Waals surface area (Å²) in [6.07, 6.45) is 1.81. The third-order valence-electron chi connectivity index (χ3n) is 2.64. The number of allylic oxidation sites excluding steroid dienone is 2. The van der Waals surface area contributed by atoms with E-state index in [1.807, 2.05) is 38.5 Å². The van der Waals surface area contributed by atoms with Crippen molar-refractivity contribution >= 4 is 0 Å². The Morgan fingerprint density at radius 1 is 1.31 bits per heavy atom. The zero-order valence-electron chi connectivity index (χ0n) is 10.4. The van der Waals surface area contributed by atoms with Crippen molar-refractivity contribution in [3.8, 4) is 0 Å². The molecule has 1 rings (SSSR count). The van der Waals surface area contributed by atoms with Crippen molar-refractivity contribution in [1.82, 2.24) is 20.7 Å². The van der Waals surface area contributed by atoms with Gasteiger partial charge in [0.1, 0.15) is 0 Å². The predicted octanol–water partition coefficient (Wildman–Crippen LogP) is 1.49. The van der Waals surface area contributed by atoms with Crippen molar-refractivity contribution in [3.05, 3.63) is 41.5 Å². The molecule has 2 N–H and O–H groups in total. The summed E-state index contributed by atoms with van der Waals surface area (Å²) in [5.41, 5.74) is 6.51. The van der Waals surface area contributed by atoms with Gasteiger partial charge in [0.25, 0.3) is 0 Å². The zero-order chi connectivity index (χ0) is 12.0. The number of hydrogen-bond donors (Lipinski definition) is 2. The number of pyridine rings is 1. The van der Waals surface area contributed by atoms with Crippen molar-refractivity contribution in [3.63, 3.8) is 0 Å². The first-order valence-corrected chi connectivity index (χ1v) is 5.39. The second-order valence-corrected chi connectivity index (χ2v) is 3.59. The Morgan fingerprint density at radius 3 is 2.56 bits per heavy atom. The van der Waals surface area contributed by atoms with Crippen LogP contribution in [0.25, 0.3) is 0 Å². The fraction of sp³-hybridized carbons (Fsp3) is 0.417. The molecule has 0 fully saturated rings. The van der Waals surface area contributed by atoms with E-state index in [-0.39, 0.29) is 0 Å². The summed E-state index contributed by atoms with van der Waals surface area (Å²) in [4.78, 5) is 4.31. The Morgan fingerprint density at radius 2 is 2.06 bits per heavy atom. The molecule has 0 saturated carbocycles. The van der Waals surface area contributed by atoms with E-state index in [2.05, 4.69) is 34.6 Å². The summed E-state index contributed by atoms with van der Waals surface area (Å²) in [6.45, 7) is 4.88. The number of nitrogens with zero attached hydrogens (tertiary/aromatic N) is 2. The normalized spacial score (nSPS) is 12.0. The van der Waals surface area contributed by atoms with Crippen molar-refractivity contribution in [2.24, 2.45) is 0 Å². The SMILES string of the molecule is CN/C(C)=C(\C)N(Cc1ccccn1)NC. The van der Waals surface area contributed by atoms with Gasteiger partial charge >= 0.3 is 0 Å². The van der Waals surface area contributed by atoms with Gasteiger partial charge in [0.2, 0.25) is 0 Å². The van der Waals surface area contributed by atoms with Crippen LogP contribution in [0.3, 0.4) is 0 Å². The molecule has 0 saturated heterocycles. The number of nitrogens with one attached hydrogen (secondary N) is 2. The predicted molar refractivity (Wildman–Crippen MR) is 66.3 cm³/mol. The average molecular weight is 220 g/mol. The van der Waals surface area contributed by atoms with Gasteiger partial charge in [-0.25, -0.2) is 5.43 Å². The van der Waals surface area contributed by atoms with Crippen molar-refractivity contribution in [2.45, 2.75) is 20.4 Å². The summed E-state index contributed by atoms with van der Waals surface area (Å²) in [5, 5.41) is 5.21. The van der Waals surface area contributed by atoms with E-state index in [4.69, 9.17) is 0 Å². The van der Waals surface area contributed by atoms with E-state index >= 15 is 0 Å². The lowest BCUT2D eigenvalue weighted by atomic mass is 10.3. The van der Waals surface area contributed by atoms with Gasteiger partial charge in [-0.05, 0) is 26.0 Å². The lowest BCUT2D eigenvalue weighted by Crippen LogP contribution is -2.34. The van der Waals surface area contributed by atoms with E-state index in [1.165, 1.54) is 0 Å². The molecule has 0 amide bonds. The van der Waals surface area contributed by atoms with Gasteiger partial charge in [0, 0.05) is 31.7 Å². The summed E-state index contributed by atoms with van der Waals surface area (Å²) in [6, 6.07) is 5.95. The van der Waals surface area contributed by atoms with Crippen LogP contribution in [0.4, 0.5) is 0 Å². The Labute approximate surface area is 97.3 Å². The van der Waals surface area contributed by atoms with E-state index in [0.717, 1.165) is 23.6 Å². The summed E-state index contributed by atoms with van der Waals surface area (Å²) in [7, 11) is 3.84. The minimum atomic E-state index is 0.752. The highest BCUT2D eigenvalue weighted by atomic mass is 15.5. The topological polar surface area (TPSA) is 40.2 Å². The molecule has 4 heteroatoms. The smallest absolute Gasteiger partial charge is 0.0763 e. The average Bonchev–Trinajstić information content (AvgIpc) is 2.35. The summed E-state index contributed by atoms with van der Waals surface area (Å²) in [5.74, 6) is 0. The zero-order valence-corrected chi connectivity index (χ0v) is 10.4. The van der Waals surface area contributed by atoms with Crippen LogP contribution in [0.5, 0.6) is 0 Å². The minimum Gasteiger partial charge on any atom is -0.390 e. The van der Waals surface area contributed by atoms with Crippen LogP contribution in [-0.2, 0) is 6.54 Å². The lowest BCUT2D eigenvalue weighted by molar-refractivity contribution is 0.255. The number of hydrazine groups is 1. The van der Waals surface area contributed by atoms with Crippen LogP contribution in [-0.4, -0.2) is 24.1 Å². The van der Waals surface area contributed by atoms with E-state index in [1.54, 1.807) is 0 Å². The van der Waals surface area contributed by atoms with Gasteiger partial charge in [-0.15, -0.1) is 0 Å². The fourth-order valence-electron chi connectivity index (χ4n) is 1.40. The Balaban J connectivity index is 2.77. The van der Waals surface area contributed by atoms with Crippen LogP contribution >= 0.6 is 0 Å². The second-order valence-electron chi connectivity index (χ2n) is 3.59. The molecular weight excluding hydrogens is 200 g/mol. The largest absolute Gasteiger partial charge is 0.390 e. The Hall–Kier alpha value is -1.55. The number of rotatable bonds is 5. The molecule has 0 aliphatic heterocycles. The summed E-state index contributed by atoms with van der Waals surface area (Å²) >= 11 is 0. The monoisotopic (exact) mass is 220 g/mol. The van der Waals surface area contributed by atoms with Crippen molar-refractivity contribution in [1.29, 1.82) is 0 Å². The number of aromatic nitrogens is 1. The van der Waals surface area contributed by atoms with Crippen LogP contribution in [0.15, 0.2) is 35.8 Å². The molecular formula is C12H20N4.